The highest BCUT2D eigenvalue weighted by molar-refractivity contribution is 6.31. The van der Waals surface area contributed by atoms with Crippen molar-refractivity contribution in [3.8, 4) is 0 Å². The largest absolute Gasteiger partial charge is 0.478 e. The number of nitro groups is 1. The summed E-state index contributed by atoms with van der Waals surface area (Å²) in [5, 5.41) is 19.6. The van der Waals surface area contributed by atoms with Gasteiger partial charge in [-0.3, -0.25) is 10.1 Å². The highest BCUT2D eigenvalue weighted by Crippen LogP contribution is 2.21. The molecular weight excluding hydrogens is 246 g/mol. The Kier molecular flexibility index (Phi) is 4.23. The molecule has 0 bridgehead atoms. The summed E-state index contributed by atoms with van der Waals surface area (Å²) in [7, 11) is 0. The molecule has 0 unspecified atom stereocenters. The van der Waals surface area contributed by atoms with Crippen LogP contribution >= 0.6 is 11.6 Å². The molecule has 1 rings (SSSR count). The number of allylic oxidation sites excluding steroid dienone is 2. The van der Waals surface area contributed by atoms with E-state index in [9.17, 15) is 14.9 Å². The van der Waals surface area contributed by atoms with Crippen LogP contribution in [0.4, 0.5) is 0 Å². The monoisotopic (exact) mass is 255 g/mol. The fourth-order valence-corrected chi connectivity index (χ4v) is 1.54. The average Bonchev–Trinajstić information content (AvgIpc) is 2.26. The van der Waals surface area contributed by atoms with Gasteiger partial charge in [0.15, 0.2) is 0 Å². The van der Waals surface area contributed by atoms with E-state index in [0.717, 1.165) is 0 Å². The van der Waals surface area contributed by atoms with Gasteiger partial charge in [0, 0.05) is 5.02 Å². The van der Waals surface area contributed by atoms with Gasteiger partial charge in [-0.05, 0) is 30.7 Å². The van der Waals surface area contributed by atoms with Crippen molar-refractivity contribution in [1.82, 2.24) is 0 Å². The van der Waals surface area contributed by atoms with Crippen molar-refractivity contribution in [3.63, 3.8) is 0 Å². The lowest BCUT2D eigenvalue weighted by Crippen LogP contribution is -2.03. The average molecular weight is 256 g/mol. The van der Waals surface area contributed by atoms with Crippen LogP contribution in [0.25, 0.3) is 0 Å². The maximum atomic E-state index is 10.7. The van der Waals surface area contributed by atoms with Gasteiger partial charge in [-0.1, -0.05) is 17.7 Å². The lowest BCUT2D eigenvalue weighted by atomic mass is 10.1. The first-order valence-electron chi connectivity index (χ1n) is 4.77. The van der Waals surface area contributed by atoms with Crippen LogP contribution in [0.5, 0.6) is 0 Å². The molecule has 0 radical (unpaired) electrons. The molecule has 90 valence electrons. The number of benzene rings is 1. The molecule has 0 aliphatic carbocycles. The molecule has 0 aromatic heterocycles. The number of hydrogen-bond donors (Lipinski definition) is 1. The van der Waals surface area contributed by atoms with E-state index in [1.165, 1.54) is 24.3 Å². The van der Waals surface area contributed by atoms with Crippen LogP contribution < -0.4 is 0 Å². The van der Waals surface area contributed by atoms with Crippen LogP contribution in [0.15, 0.2) is 30.0 Å². The number of carboxylic acids is 1. The van der Waals surface area contributed by atoms with Gasteiger partial charge >= 0.3 is 5.97 Å². The molecular formula is C11H10ClNO4. The van der Waals surface area contributed by atoms with Gasteiger partial charge in [-0.15, -0.1) is 0 Å². The van der Waals surface area contributed by atoms with Crippen LogP contribution in [0.3, 0.4) is 0 Å². The van der Waals surface area contributed by atoms with Crippen molar-refractivity contribution in [2.75, 3.05) is 0 Å². The molecule has 0 amide bonds. The third-order valence-corrected chi connectivity index (χ3v) is 2.59. The zero-order valence-electron chi connectivity index (χ0n) is 9.01. The van der Waals surface area contributed by atoms with E-state index >= 15 is 0 Å². The lowest BCUT2D eigenvalue weighted by molar-refractivity contribution is -0.427. The van der Waals surface area contributed by atoms with E-state index in [1.807, 2.05) is 0 Å². The van der Waals surface area contributed by atoms with Crippen LogP contribution in [0.2, 0.25) is 5.02 Å². The van der Waals surface area contributed by atoms with E-state index in [4.69, 9.17) is 16.7 Å². The third kappa shape index (κ3) is 3.29. The summed E-state index contributed by atoms with van der Waals surface area (Å²) in [6, 6.07) is 4.14. The molecule has 1 aromatic carbocycles. The van der Waals surface area contributed by atoms with Crippen molar-refractivity contribution < 1.29 is 14.8 Å². The van der Waals surface area contributed by atoms with Gasteiger partial charge in [-0.2, -0.15) is 0 Å². The van der Waals surface area contributed by atoms with Crippen molar-refractivity contribution in [2.45, 2.75) is 13.3 Å². The topological polar surface area (TPSA) is 80.4 Å². The molecule has 1 N–H and O–H groups in total. The standard InChI is InChI=1S/C11H10ClNO4/c1-2-9(13(16)17)5-7-3-4-8(11(14)15)6-10(7)12/h2-4,6H,5H2,1H3,(H,14,15). The molecule has 6 heteroatoms. The molecule has 0 saturated carbocycles. The first-order chi connectivity index (χ1) is 7.95. The number of halogens is 1. The Labute approximate surface area is 102 Å². The number of carboxylic acid groups (broad SMARTS) is 1. The van der Waals surface area contributed by atoms with Crippen molar-refractivity contribution >= 4 is 17.6 Å². The molecule has 0 heterocycles. The summed E-state index contributed by atoms with van der Waals surface area (Å²) in [5.41, 5.74) is 0.610. The second-order valence-electron chi connectivity index (χ2n) is 3.33. The molecule has 0 fully saturated rings. The normalized spacial score (nSPS) is 11.3. The molecule has 0 atom stereocenters. The molecule has 0 saturated heterocycles. The quantitative estimate of drug-likeness (QED) is 0.663. The number of carbonyl (C=O) groups is 1. The van der Waals surface area contributed by atoms with Gasteiger partial charge in [-0.25, -0.2) is 4.79 Å². The van der Waals surface area contributed by atoms with Crippen molar-refractivity contribution in [1.29, 1.82) is 0 Å². The molecule has 0 aliphatic rings. The smallest absolute Gasteiger partial charge is 0.335 e. The van der Waals surface area contributed by atoms with E-state index in [2.05, 4.69) is 0 Å². The zero-order valence-corrected chi connectivity index (χ0v) is 9.77. The van der Waals surface area contributed by atoms with Crippen LogP contribution in [0.1, 0.15) is 22.8 Å². The molecule has 5 nitrogen and oxygen atoms in total. The van der Waals surface area contributed by atoms with Crippen molar-refractivity contribution in [3.05, 3.63) is 56.2 Å². The lowest BCUT2D eigenvalue weighted by Gasteiger charge is -2.03. The Morgan fingerprint density at radius 1 is 1.59 bits per heavy atom. The Hall–Kier alpha value is -1.88. The van der Waals surface area contributed by atoms with Gasteiger partial charge < -0.3 is 5.11 Å². The SMILES string of the molecule is CC=C(Cc1ccc(C(=O)O)cc1Cl)[N+](=O)[O-]. The number of aromatic carboxylic acids is 1. The number of rotatable bonds is 4. The minimum atomic E-state index is -1.08. The Bertz CT molecular complexity index is 496. The maximum Gasteiger partial charge on any atom is 0.335 e. The summed E-state index contributed by atoms with van der Waals surface area (Å²) in [6.07, 6.45) is 1.46. The van der Waals surface area contributed by atoms with Crippen LogP contribution in [-0.4, -0.2) is 16.0 Å². The summed E-state index contributed by atoms with van der Waals surface area (Å²) < 4.78 is 0. The zero-order chi connectivity index (χ0) is 13.0. The van der Waals surface area contributed by atoms with E-state index in [1.54, 1.807) is 6.92 Å². The predicted molar refractivity (Wildman–Crippen MR) is 62.9 cm³/mol. The summed E-state index contributed by atoms with van der Waals surface area (Å²) in [4.78, 5) is 20.8. The highest BCUT2D eigenvalue weighted by atomic mass is 35.5. The first kappa shape index (κ1) is 13.2. The minimum Gasteiger partial charge on any atom is -0.478 e. The first-order valence-corrected chi connectivity index (χ1v) is 5.14. The Morgan fingerprint density at radius 3 is 2.65 bits per heavy atom. The van der Waals surface area contributed by atoms with E-state index in [0.29, 0.717) is 5.56 Å². The van der Waals surface area contributed by atoms with Crippen molar-refractivity contribution in [2.24, 2.45) is 0 Å². The maximum absolute atomic E-state index is 10.7. The summed E-state index contributed by atoms with van der Waals surface area (Å²) in [6.45, 7) is 1.57. The number of hydrogen-bond acceptors (Lipinski definition) is 3. The van der Waals surface area contributed by atoms with Gasteiger partial charge in [0.25, 0.3) is 0 Å². The fraction of sp³-hybridized carbons (Fsp3) is 0.182. The van der Waals surface area contributed by atoms with Crippen LogP contribution in [0, 0.1) is 10.1 Å². The fourth-order valence-electron chi connectivity index (χ4n) is 1.29. The predicted octanol–water partition coefficient (Wildman–Crippen LogP) is 2.76. The highest BCUT2D eigenvalue weighted by Gasteiger charge is 2.14. The number of nitrogens with zero attached hydrogens (tertiary/aromatic N) is 1. The summed E-state index contributed by atoms with van der Waals surface area (Å²) >= 11 is 5.87. The summed E-state index contributed by atoms with van der Waals surface area (Å²) in [5.74, 6) is -1.08. The second-order valence-corrected chi connectivity index (χ2v) is 3.73. The Balaban J connectivity index is 3.01. The molecule has 0 aliphatic heterocycles. The molecule has 1 aromatic rings. The van der Waals surface area contributed by atoms with Gasteiger partial charge in [0.2, 0.25) is 5.70 Å². The third-order valence-electron chi connectivity index (χ3n) is 2.24. The Morgan fingerprint density at radius 2 is 2.24 bits per heavy atom. The molecule has 17 heavy (non-hydrogen) atoms. The minimum absolute atomic E-state index is 0.0231. The van der Waals surface area contributed by atoms with Crippen LogP contribution in [-0.2, 0) is 6.42 Å². The van der Waals surface area contributed by atoms with Gasteiger partial charge in [0.05, 0.1) is 16.9 Å². The molecule has 0 spiro atoms. The second kappa shape index (κ2) is 5.45. The van der Waals surface area contributed by atoms with E-state index < -0.39 is 10.9 Å². The van der Waals surface area contributed by atoms with Gasteiger partial charge in [0.1, 0.15) is 0 Å². The van der Waals surface area contributed by atoms with E-state index in [-0.39, 0.29) is 22.7 Å².